The lowest BCUT2D eigenvalue weighted by Crippen LogP contribution is -2.44. The zero-order valence-electron chi connectivity index (χ0n) is 13.2. The second-order valence-electron chi connectivity index (χ2n) is 5.26. The molecule has 0 saturated carbocycles. The Balaban J connectivity index is 0.000000174. The maximum Gasteiger partial charge on any atom is 0.231 e. The minimum atomic E-state index is 0.0417. The third-order valence-electron chi connectivity index (χ3n) is 3.35. The van der Waals surface area contributed by atoms with Crippen molar-refractivity contribution in [2.45, 2.75) is 19.4 Å². The molecule has 3 rings (SSSR count). The molecule has 0 spiro atoms. The van der Waals surface area contributed by atoms with Crippen LogP contribution in [0.15, 0.2) is 53.7 Å². The van der Waals surface area contributed by atoms with Gasteiger partial charge in [0.25, 0.3) is 0 Å². The van der Waals surface area contributed by atoms with Crippen LogP contribution in [0.25, 0.3) is 11.3 Å². The number of phenols is 1. The van der Waals surface area contributed by atoms with Crippen LogP contribution in [0.5, 0.6) is 5.75 Å². The van der Waals surface area contributed by atoms with E-state index >= 15 is 0 Å². The molecular weight excluding hydrogens is 292 g/mol. The lowest BCUT2D eigenvalue weighted by molar-refractivity contribution is -0.127. The summed E-state index contributed by atoms with van der Waals surface area (Å²) >= 11 is 0. The Labute approximate surface area is 135 Å². The molecule has 0 bridgehead atoms. The number of hydrogen-bond acceptors (Lipinski definition) is 5. The SMILES string of the molecule is CC1CC(=O)N(C)C(N)=N1.Oc1cccc(-c2ccccn2)c1. The van der Waals surface area contributed by atoms with Gasteiger partial charge in [-0.25, -0.2) is 4.99 Å². The molecule has 0 saturated heterocycles. The molecule has 1 atom stereocenters. The number of phenolic OH excluding ortho intramolecular Hbond substituents is 1. The monoisotopic (exact) mass is 312 g/mol. The topological polar surface area (TPSA) is 91.8 Å². The van der Waals surface area contributed by atoms with Gasteiger partial charge in [-0.05, 0) is 31.2 Å². The van der Waals surface area contributed by atoms with Crippen molar-refractivity contribution in [1.29, 1.82) is 0 Å². The largest absolute Gasteiger partial charge is 0.508 e. The minimum absolute atomic E-state index is 0.0417. The zero-order chi connectivity index (χ0) is 16.8. The summed E-state index contributed by atoms with van der Waals surface area (Å²) in [5, 5.41) is 9.25. The number of rotatable bonds is 1. The van der Waals surface area contributed by atoms with Gasteiger partial charge < -0.3 is 10.8 Å². The average Bonchev–Trinajstić information content (AvgIpc) is 2.54. The molecule has 1 aliphatic rings. The van der Waals surface area contributed by atoms with Crippen molar-refractivity contribution in [2.75, 3.05) is 7.05 Å². The highest BCUT2D eigenvalue weighted by molar-refractivity contribution is 5.98. The molecule has 0 radical (unpaired) electrons. The maximum absolute atomic E-state index is 11.0. The van der Waals surface area contributed by atoms with Gasteiger partial charge in [-0.15, -0.1) is 0 Å². The molecule has 2 heterocycles. The number of amides is 1. The Morgan fingerprint density at radius 1 is 1.26 bits per heavy atom. The fraction of sp³-hybridized carbons (Fsp3) is 0.235. The van der Waals surface area contributed by atoms with Crippen LogP contribution in [0, 0.1) is 0 Å². The molecule has 3 N–H and O–H groups in total. The number of aliphatic imine (C=N–C) groups is 1. The van der Waals surface area contributed by atoms with Gasteiger partial charge in [-0.2, -0.15) is 0 Å². The third kappa shape index (κ3) is 4.54. The summed E-state index contributed by atoms with van der Waals surface area (Å²) in [6.45, 7) is 1.87. The van der Waals surface area contributed by atoms with Crippen molar-refractivity contribution < 1.29 is 9.90 Å². The number of carbonyl (C=O) groups excluding carboxylic acids is 1. The predicted octanol–water partition coefficient (Wildman–Crippen LogP) is 2.01. The summed E-state index contributed by atoms with van der Waals surface area (Å²) in [6.07, 6.45) is 2.20. The highest BCUT2D eigenvalue weighted by atomic mass is 16.3. The van der Waals surface area contributed by atoms with E-state index in [2.05, 4.69) is 9.98 Å². The molecule has 1 aromatic carbocycles. The number of aromatic hydroxyl groups is 1. The maximum atomic E-state index is 11.0. The van der Waals surface area contributed by atoms with Crippen LogP contribution in [0.4, 0.5) is 0 Å². The van der Waals surface area contributed by atoms with Gasteiger partial charge in [-0.1, -0.05) is 18.2 Å². The molecule has 120 valence electrons. The first kappa shape index (κ1) is 16.5. The number of hydrogen-bond donors (Lipinski definition) is 2. The van der Waals surface area contributed by atoms with E-state index < -0.39 is 0 Å². The predicted molar refractivity (Wildman–Crippen MR) is 89.8 cm³/mol. The van der Waals surface area contributed by atoms with E-state index in [1.165, 1.54) is 4.90 Å². The summed E-state index contributed by atoms with van der Waals surface area (Å²) in [4.78, 5) is 20.5. The Kier molecular flexibility index (Phi) is 5.30. The van der Waals surface area contributed by atoms with Gasteiger partial charge in [0.2, 0.25) is 5.91 Å². The highest BCUT2D eigenvalue weighted by Gasteiger charge is 2.20. The summed E-state index contributed by atoms with van der Waals surface area (Å²) in [6, 6.07) is 12.8. The van der Waals surface area contributed by atoms with Gasteiger partial charge in [-0.3, -0.25) is 14.7 Å². The summed E-state index contributed by atoms with van der Waals surface area (Å²) in [7, 11) is 1.63. The van der Waals surface area contributed by atoms with Crippen molar-refractivity contribution in [2.24, 2.45) is 10.7 Å². The second kappa shape index (κ2) is 7.40. The molecule has 6 heteroatoms. The van der Waals surface area contributed by atoms with E-state index in [0.717, 1.165) is 11.3 Å². The summed E-state index contributed by atoms with van der Waals surface area (Å²) in [5.41, 5.74) is 7.22. The van der Waals surface area contributed by atoms with Gasteiger partial charge in [0.15, 0.2) is 5.96 Å². The van der Waals surface area contributed by atoms with E-state index in [-0.39, 0.29) is 17.7 Å². The normalized spacial score (nSPS) is 17.1. The van der Waals surface area contributed by atoms with Gasteiger partial charge in [0.1, 0.15) is 5.75 Å². The van der Waals surface area contributed by atoms with E-state index in [4.69, 9.17) is 5.73 Å². The summed E-state index contributed by atoms with van der Waals surface area (Å²) in [5.74, 6) is 0.631. The third-order valence-corrected chi connectivity index (χ3v) is 3.35. The lowest BCUT2D eigenvalue weighted by Gasteiger charge is -2.23. The lowest BCUT2D eigenvalue weighted by atomic mass is 10.1. The van der Waals surface area contributed by atoms with Crippen LogP contribution in [0.3, 0.4) is 0 Å². The number of aromatic nitrogens is 1. The molecule has 2 aromatic rings. The zero-order valence-corrected chi connectivity index (χ0v) is 13.2. The number of carbonyl (C=O) groups is 1. The average molecular weight is 312 g/mol. The van der Waals surface area contributed by atoms with Crippen molar-refractivity contribution in [3.8, 4) is 17.0 Å². The van der Waals surface area contributed by atoms with E-state index in [0.29, 0.717) is 12.4 Å². The Bertz CT molecular complexity index is 701. The minimum Gasteiger partial charge on any atom is -0.508 e. The molecule has 0 aliphatic carbocycles. The molecule has 6 nitrogen and oxygen atoms in total. The van der Waals surface area contributed by atoms with Crippen LogP contribution in [-0.2, 0) is 4.79 Å². The number of nitrogens with two attached hydrogens (primary N) is 1. The molecule has 1 aliphatic heterocycles. The van der Waals surface area contributed by atoms with Crippen molar-refractivity contribution in [3.63, 3.8) is 0 Å². The van der Waals surface area contributed by atoms with Gasteiger partial charge in [0.05, 0.1) is 11.7 Å². The van der Waals surface area contributed by atoms with Crippen LogP contribution in [0.1, 0.15) is 13.3 Å². The molecule has 1 unspecified atom stereocenters. The second-order valence-corrected chi connectivity index (χ2v) is 5.26. The Morgan fingerprint density at radius 3 is 2.65 bits per heavy atom. The first-order valence-electron chi connectivity index (χ1n) is 7.27. The van der Waals surface area contributed by atoms with Crippen molar-refractivity contribution >= 4 is 11.9 Å². The van der Waals surface area contributed by atoms with E-state index in [1.54, 1.807) is 31.4 Å². The quantitative estimate of drug-likeness (QED) is 0.842. The summed E-state index contributed by atoms with van der Waals surface area (Å²) < 4.78 is 0. The number of guanidine groups is 1. The van der Waals surface area contributed by atoms with Crippen molar-refractivity contribution in [1.82, 2.24) is 9.88 Å². The van der Waals surface area contributed by atoms with Crippen LogP contribution in [0.2, 0.25) is 0 Å². The number of benzene rings is 1. The first-order valence-corrected chi connectivity index (χ1v) is 7.27. The van der Waals surface area contributed by atoms with E-state index in [9.17, 15) is 9.90 Å². The van der Waals surface area contributed by atoms with Crippen molar-refractivity contribution in [3.05, 3.63) is 48.7 Å². The number of nitrogens with zero attached hydrogens (tertiary/aromatic N) is 3. The fourth-order valence-corrected chi connectivity index (χ4v) is 2.07. The van der Waals surface area contributed by atoms with Gasteiger partial charge >= 0.3 is 0 Å². The van der Waals surface area contributed by atoms with Gasteiger partial charge in [0, 0.05) is 25.2 Å². The van der Waals surface area contributed by atoms with Crippen LogP contribution in [-0.4, -0.2) is 39.9 Å². The van der Waals surface area contributed by atoms with E-state index in [1.807, 2.05) is 31.2 Å². The fourth-order valence-electron chi connectivity index (χ4n) is 2.07. The molecule has 23 heavy (non-hydrogen) atoms. The Hall–Kier alpha value is -2.89. The molecule has 1 aromatic heterocycles. The van der Waals surface area contributed by atoms with Crippen LogP contribution < -0.4 is 5.73 Å². The first-order chi connectivity index (χ1) is 11.0. The molecular formula is C17H20N4O2. The van der Waals surface area contributed by atoms with Crippen LogP contribution >= 0.6 is 0 Å². The smallest absolute Gasteiger partial charge is 0.231 e. The standard InChI is InChI=1S/C11H9NO.C6H11N3O/c13-10-5-3-4-9(8-10)11-6-1-2-7-12-11;1-4-3-5(10)9(2)6(7)8-4/h1-8,13H;4H,3H2,1-2H3,(H2,7,8). The molecule has 1 amide bonds. The molecule has 0 fully saturated rings. The highest BCUT2D eigenvalue weighted by Crippen LogP contribution is 2.20. The Morgan fingerprint density at radius 2 is 2.04 bits per heavy atom. The number of pyridine rings is 1.